The maximum Gasteiger partial charge on any atom is 0.339 e. The third-order valence-electron chi connectivity index (χ3n) is 3.15. The molecule has 0 aromatic heterocycles. The molecule has 0 saturated heterocycles. The number of rotatable bonds is 3. The summed E-state index contributed by atoms with van der Waals surface area (Å²) in [7, 11) is 0. The smallest absolute Gasteiger partial charge is 0.339 e. The van der Waals surface area contributed by atoms with E-state index in [0.717, 1.165) is 5.56 Å². The second-order valence-electron chi connectivity index (χ2n) is 4.45. The fourth-order valence-corrected chi connectivity index (χ4v) is 2.15. The highest BCUT2D eigenvalue weighted by atomic mass is 16.6. The third-order valence-corrected chi connectivity index (χ3v) is 3.15. The van der Waals surface area contributed by atoms with Gasteiger partial charge in [0, 0.05) is 5.56 Å². The van der Waals surface area contributed by atoms with Gasteiger partial charge in [-0.3, -0.25) is 0 Å². The number of fused-ring (bicyclic) bond motifs is 1. The molecule has 0 saturated carbocycles. The first-order valence-corrected chi connectivity index (χ1v) is 6.28. The molecule has 4 heteroatoms. The molecule has 0 bridgehead atoms. The standard InChI is InChI=1S/C16H12O4/c17-15(11-6-2-1-3-7-11)19-10-14-12-8-4-5-9-13(12)16(18)20-14/h1-9,14H,10H2/t14-/m1/s1. The lowest BCUT2D eigenvalue weighted by molar-refractivity contribution is 0.00647. The van der Waals surface area contributed by atoms with Gasteiger partial charge in [0.25, 0.3) is 0 Å². The van der Waals surface area contributed by atoms with Crippen LogP contribution in [0.5, 0.6) is 0 Å². The van der Waals surface area contributed by atoms with Gasteiger partial charge in [-0.15, -0.1) is 0 Å². The molecule has 0 radical (unpaired) electrons. The molecule has 1 aliphatic heterocycles. The van der Waals surface area contributed by atoms with Crippen molar-refractivity contribution in [3.8, 4) is 0 Å². The first kappa shape index (κ1) is 12.4. The van der Waals surface area contributed by atoms with Crippen molar-refractivity contribution in [2.75, 3.05) is 6.61 Å². The van der Waals surface area contributed by atoms with Gasteiger partial charge < -0.3 is 9.47 Å². The average Bonchev–Trinajstić information content (AvgIpc) is 2.83. The van der Waals surface area contributed by atoms with Gasteiger partial charge in [0.2, 0.25) is 0 Å². The normalized spacial score (nSPS) is 16.4. The van der Waals surface area contributed by atoms with E-state index in [1.54, 1.807) is 42.5 Å². The molecule has 2 aromatic carbocycles. The Bertz CT molecular complexity index is 649. The Morgan fingerprint density at radius 2 is 1.75 bits per heavy atom. The Morgan fingerprint density at radius 1 is 1.05 bits per heavy atom. The van der Waals surface area contributed by atoms with Crippen LogP contribution >= 0.6 is 0 Å². The first-order valence-electron chi connectivity index (χ1n) is 6.28. The number of ether oxygens (including phenoxy) is 2. The minimum Gasteiger partial charge on any atom is -0.458 e. The molecule has 20 heavy (non-hydrogen) atoms. The number of benzene rings is 2. The van der Waals surface area contributed by atoms with E-state index in [9.17, 15) is 9.59 Å². The van der Waals surface area contributed by atoms with Crippen LogP contribution in [0.4, 0.5) is 0 Å². The van der Waals surface area contributed by atoms with E-state index in [2.05, 4.69) is 0 Å². The number of carbonyl (C=O) groups excluding carboxylic acids is 2. The summed E-state index contributed by atoms with van der Waals surface area (Å²) in [5, 5.41) is 0. The Kier molecular flexibility index (Phi) is 3.21. The molecule has 1 aliphatic rings. The summed E-state index contributed by atoms with van der Waals surface area (Å²) >= 11 is 0. The van der Waals surface area contributed by atoms with Crippen LogP contribution in [0.15, 0.2) is 54.6 Å². The Hall–Kier alpha value is -2.62. The zero-order valence-electron chi connectivity index (χ0n) is 10.6. The van der Waals surface area contributed by atoms with Crippen LogP contribution in [0.3, 0.4) is 0 Å². The molecule has 0 N–H and O–H groups in total. The highest BCUT2D eigenvalue weighted by Gasteiger charge is 2.31. The third kappa shape index (κ3) is 2.28. The van der Waals surface area contributed by atoms with Gasteiger partial charge >= 0.3 is 11.9 Å². The summed E-state index contributed by atoms with van der Waals surface area (Å²) in [5.41, 5.74) is 1.77. The van der Waals surface area contributed by atoms with Crippen LogP contribution in [0.2, 0.25) is 0 Å². The van der Waals surface area contributed by atoms with E-state index >= 15 is 0 Å². The number of cyclic esters (lactones) is 1. The molecule has 0 spiro atoms. The number of esters is 2. The van der Waals surface area contributed by atoms with Crippen molar-refractivity contribution in [1.29, 1.82) is 0 Å². The zero-order chi connectivity index (χ0) is 13.9. The number of hydrogen-bond donors (Lipinski definition) is 0. The molecule has 1 heterocycles. The van der Waals surface area contributed by atoms with Gasteiger partial charge in [-0.1, -0.05) is 36.4 Å². The van der Waals surface area contributed by atoms with Gasteiger partial charge in [0.1, 0.15) is 6.61 Å². The van der Waals surface area contributed by atoms with Crippen LogP contribution in [-0.2, 0) is 9.47 Å². The molecular formula is C16H12O4. The summed E-state index contributed by atoms with van der Waals surface area (Å²) in [4.78, 5) is 23.5. The van der Waals surface area contributed by atoms with E-state index in [1.165, 1.54) is 0 Å². The quantitative estimate of drug-likeness (QED) is 0.803. The zero-order valence-corrected chi connectivity index (χ0v) is 10.6. The molecule has 3 rings (SSSR count). The average molecular weight is 268 g/mol. The fraction of sp³-hybridized carbons (Fsp3) is 0.125. The Labute approximate surface area is 115 Å². The van der Waals surface area contributed by atoms with E-state index in [4.69, 9.17) is 9.47 Å². The maximum atomic E-state index is 11.8. The number of hydrogen-bond acceptors (Lipinski definition) is 4. The van der Waals surface area contributed by atoms with Crippen molar-refractivity contribution in [2.45, 2.75) is 6.10 Å². The van der Waals surface area contributed by atoms with Gasteiger partial charge in [0.05, 0.1) is 11.1 Å². The van der Waals surface area contributed by atoms with Crippen molar-refractivity contribution in [3.63, 3.8) is 0 Å². The minimum atomic E-state index is -0.522. The van der Waals surface area contributed by atoms with E-state index in [0.29, 0.717) is 11.1 Å². The molecule has 0 aliphatic carbocycles. The van der Waals surface area contributed by atoms with Gasteiger partial charge in [-0.05, 0) is 18.2 Å². The first-order chi connectivity index (χ1) is 9.75. The van der Waals surface area contributed by atoms with Crippen molar-refractivity contribution in [1.82, 2.24) is 0 Å². The van der Waals surface area contributed by atoms with E-state index < -0.39 is 12.1 Å². The molecule has 4 nitrogen and oxygen atoms in total. The molecule has 0 unspecified atom stereocenters. The van der Waals surface area contributed by atoms with Crippen molar-refractivity contribution in [3.05, 3.63) is 71.3 Å². The predicted octanol–water partition coefficient (Wildman–Crippen LogP) is 2.76. The van der Waals surface area contributed by atoms with Crippen molar-refractivity contribution >= 4 is 11.9 Å². The second-order valence-corrected chi connectivity index (χ2v) is 4.45. The Balaban J connectivity index is 1.69. The van der Waals surface area contributed by atoms with Gasteiger partial charge in [-0.25, -0.2) is 9.59 Å². The van der Waals surface area contributed by atoms with Gasteiger partial charge in [0.15, 0.2) is 6.10 Å². The lowest BCUT2D eigenvalue weighted by Crippen LogP contribution is -2.13. The highest BCUT2D eigenvalue weighted by molar-refractivity contribution is 5.94. The lowest BCUT2D eigenvalue weighted by atomic mass is 10.1. The topological polar surface area (TPSA) is 52.6 Å². The SMILES string of the molecule is O=C(OC[C@H]1OC(=O)c2ccccc21)c1ccccc1. The molecule has 100 valence electrons. The largest absolute Gasteiger partial charge is 0.458 e. The summed E-state index contributed by atoms with van der Waals surface area (Å²) in [6, 6.07) is 15.8. The second kappa shape index (κ2) is 5.17. The van der Waals surface area contributed by atoms with Crippen LogP contribution in [-0.4, -0.2) is 18.5 Å². The van der Waals surface area contributed by atoms with Crippen LogP contribution in [0, 0.1) is 0 Å². The van der Waals surface area contributed by atoms with E-state index in [-0.39, 0.29) is 12.6 Å². The summed E-state index contributed by atoms with van der Waals surface area (Å²) in [6.07, 6.45) is -0.522. The molecule has 0 amide bonds. The lowest BCUT2D eigenvalue weighted by Gasteiger charge is -2.11. The Morgan fingerprint density at radius 3 is 2.55 bits per heavy atom. The van der Waals surface area contributed by atoms with Crippen molar-refractivity contribution < 1.29 is 19.1 Å². The highest BCUT2D eigenvalue weighted by Crippen LogP contribution is 2.30. The maximum absolute atomic E-state index is 11.8. The molecule has 1 atom stereocenters. The van der Waals surface area contributed by atoms with Crippen LogP contribution < -0.4 is 0 Å². The molecular weight excluding hydrogens is 256 g/mol. The fourth-order valence-electron chi connectivity index (χ4n) is 2.15. The minimum absolute atomic E-state index is 0.0243. The van der Waals surface area contributed by atoms with Gasteiger partial charge in [-0.2, -0.15) is 0 Å². The molecule has 0 fully saturated rings. The monoisotopic (exact) mass is 268 g/mol. The van der Waals surface area contributed by atoms with Crippen LogP contribution in [0.25, 0.3) is 0 Å². The van der Waals surface area contributed by atoms with Crippen molar-refractivity contribution in [2.24, 2.45) is 0 Å². The summed E-state index contributed by atoms with van der Waals surface area (Å²) in [5.74, 6) is -0.799. The molecule has 2 aromatic rings. The number of carbonyl (C=O) groups is 2. The van der Waals surface area contributed by atoms with E-state index in [1.807, 2.05) is 12.1 Å². The summed E-state index contributed by atoms with van der Waals surface area (Å²) < 4.78 is 10.4. The predicted molar refractivity (Wildman–Crippen MR) is 71.3 cm³/mol. The summed E-state index contributed by atoms with van der Waals surface area (Å²) in [6.45, 7) is 0.0243. The van der Waals surface area contributed by atoms with Crippen LogP contribution in [0.1, 0.15) is 32.4 Å².